The van der Waals surface area contributed by atoms with Gasteiger partial charge in [0, 0.05) is 12.7 Å². The molecule has 0 aliphatic heterocycles. The van der Waals surface area contributed by atoms with Crippen LogP contribution in [-0.2, 0) is 18.4 Å². The molecule has 0 unspecified atom stereocenters. The van der Waals surface area contributed by atoms with Gasteiger partial charge in [-0.1, -0.05) is 6.07 Å². The van der Waals surface area contributed by atoms with Gasteiger partial charge in [0.05, 0.1) is 21.4 Å². The molecule has 0 saturated heterocycles. The lowest BCUT2D eigenvalue weighted by atomic mass is 10.2. The van der Waals surface area contributed by atoms with Crippen molar-refractivity contribution in [2.75, 3.05) is 5.73 Å². The summed E-state index contributed by atoms with van der Waals surface area (Å²) in [4.78, 5) is 11.9. The molecule has 5 nitrogen and oxygen atoms in total. The third-order valence-electron chi connectivity index (χ3n) is 2.72. The lowest BCUT2D eigenvalue weighted by molar-refractivity contribution is 0.0462. The van der Waals surface area contributed by atoms with Gasteiger partial charge >= 0.3 is 5.97 Å². The van der Waals surface area contributed by atoms with Gasteiger partial charge in [0.25, 0.3) is 0 Å². The van der Waals surface area contributed by atoms with E-state index in [1.165, 1.54) is 0 Å². The van der Waals surface area contributed by atoms with E-state index in [9.17, 15) is 4.79 Å². The van der Waals surface area contributed by atoms with Gasteiger partial charge in [0.2, 0.25) is 0 Å². The van der Waals surface area contributed by atoms with Gasteiger partial charge in [0.15, 0.2) is 0 Å². The largest absolute Gasteiger partial charge is 0.456 e. The van der Waals surface area contributed by atoms with Crippen LogP contribution in [-0.4, -0.2) is 15.7 Å². The molecule has 0 atom stereocenters. The summed E-state index contributed by atoms with van der Waals surface area (Å²) in [7, 11) is 1.81. The van der Waals surface area contributed by atoms with Gasteiger partial charge in [-0.15, -0.1) is 0 Å². The van der Waals surface area contributed by atoms with Crippen molar-refractivity contribution in [1.29, 1.82) is 0 Å². The molecule has 2 aromatic rings. The summed E-state index contributed by atoms with van der Waals surface area (Å²) in [6, 6.07) is 6.70. The molecule has 2 rings (SSSR count). The van der Waals surface area contributed by atoms with Crippen LogP contribution in [0, 0.1) is 6.92 Å². The average Bonchev–Trinajstić information content (AvgIpc) is 2.61. The maximum Gasteiger partial charge on any atom is 0.338 e. The summed E-state index contributed by atoms with van der Waals surface area (Å²) in [5, 5.41) is 4.23. The first-order valence-electron chi connectivity index (χ1n) is 5.69. The Morgan fingerprint density at radius 1 is 1.53 bits per heavy atom. The Bertz CT molecular complexity index is 622. The Morgan fingerprint density at radius 2 is 2.26 bits per heavy atom. The lowest BCUT2D eigenvalue weighted by Gasteiger charge is -2.06. The zero-order valence-electron chi connectivity index (χ0n) is 10.7. The van der Waals surface area contributed by atoms with Crippen LogP contribution >= 0.6 is 15.9 Å². The monoisotopic (exact) mass is 323 g/mol. The molecule has 0 amide bonds. The van der Waals surface area contributed by atoms with Crippen molar-refractivity contribution < 1.29 is 9.53 Å². The van der Waals surface area contributed by atoms with E-state index in [-0.39, 0.29) is 6.61 Å². The summed E-state index contributed by atoms with van der Waals surface area (Å²) < 4.78 is 7.80. The first kappa shape index (κ1) is 13.6. The smallest absolute Gasteiger partial charge is 0.338 e. The van der Waals surface area contributed by atoms with E-state index in [2.05, 4.69) is 21.0 Å². The number of halogens is 1. The van der Waals surface area contributed by atoms with Crippen LogP contribution in [0.15, 0.2) is 28.7 Å². The number of benzene rings is 1. The van der Waals surface area contributed by atoms with Crippen molar-refractivity contribution in [1.82, 2.24) is 9.78 Å². The van der Waals surface area contributed by atoms with E-state index in [0.29, 0.717) is 11.3 Å². The number of esters is 1. The quantitative estimate of drug-likeness (QED) is 0.695. The van der Waals surface area contributed by atoms with Crippen LogP contribution in [0.5, 0.6) is 0 Å². The van der Waals surface area contributed by atoms with Crippen molar-refractivity contribution in [3.05, 3.63) is 45.7 Å². The van der Waals surface area contributed by atoms with E-state index in [0.717, 1.165) is 15.9 Å². The first-order chi connectivity index (χ1) is 8.99. The SMILES string of the molecule is Cc1nn(C)c(COC(=O)c2cccc(N)c2)c1Br. The molecule has 1 aromatic carbocycles. The Balaban J connectivity index is 2.09. The molecule has 1 aromatic heterocycles. The van der Waals surface area contributed by atoms with Crippen molar-refractivity contribution in [3.8, 4) is 0 Å². The number of nitrogens with zero attached hydrogens (tertiary/aromatic N) is 2. The van der Waals surface area contributed by atoms with Gasteiger partial charge in [-0.05, 0) is 41.1 Å². The Morgan fingerprint density at radius 3 is 2.84 bits per heavy atom. The van der Waals surface area contributed by atoms with E-state index in [4.69, 9.17) is 10.5 Å². The average molecular weight is 324 g/mol. The zero-order chi connectivity index (χ0) is 14.0. The standard InChI is InChI=1S/C13H14BrN3O2/c1-8-12(14)11(17(2)16-8)7-19-13(18)9-4-3-5-10(15)6-9/h3-6H,7,15H2,1-2H3. The summed E-state index contributed by atoms with van der Waals surface area (Å²) >= 11 is 3.42. The molecule has 6 heteroatoms. The number of aromatic nitrogens is 2. The predicted molar refractivity (Wildman–Crippen MR) is 75.6 cm³/mol. The number of carbonyl (C=O) groups is 1. The molecule has 19 heavy (non-hydrogen) atoms. The van der Waals surface area contributed by atoms with Gasteiger partial charge in [-0.3, -0.25) is 4.68 Å². The van der Waals surface area contributed by atoms with E-state index in [1.54, 1.807) is 36.0 Å². The zero-order valence-corrected chi connectivity index (χ0v) is 12.3. The fourth-order valence-corrected chi connectivity index (χ4v) is 2.17. The number of nitrogens with two attached hydrogens (primary N) is 1. The second-order valence-corrected chi connectivity index (χ2v) is 4.96. The minimum atomic E-state index is -0.405. The van der Waals surface area contributed by atoms with Crippen LogP contribution in [0.4, 0.5) is 5.69 Å². The lowest BCUT2D eigenvalue weighted by Crippen LogP contribution is -2.08. The molecular formula is C13H14BrN3O2. The van der Waals surface area contributed by atoms with E-state index in [1.807, 2.05) is 6.92 Å². The molecule has 0 saturated carbocycles. The fraction of sp³-hybridized carbons (Fsp3) is 0.231. The predicted octanol–water partition coefficient (Wildman–Crippen LogP) is 2.43. The highest BCUT2D eigenvalue weighted by molar-refractivity contribution is 9.10. The van der Waals surface area contributed by atoms with Crippen molar-refractivity contribution >= 4 is 27.6 Å². The minimum Gasteiger partial charge on any atom is -0.456 e. The van der Waals surface area contributed by atoms with Gasteiger partial charge < -0.3 is 10.5 Å². The van der Waals surface area contributed by atoms with Crippen LogP contribution in [0.3, 0.4) is 0 Å². The normalized spacial score (nSPS) is 10.5. The number of hydrogen-bond donors (Lipinski definition) is 1. The fourth-order valence-electron chi connectivity index (χ4n) is 1.72. The van der Waals surface area contributed by atoms with Gasteiger partial charge in [0.1, 0.15) is 6.61 Å². The highest BCUT2D eigenvalue weighted by Crippen LogP contribution is 2.21. The third kappa shape index (κ3) is 2.96. The molecule has 100 valence electrons. The second-order valence-electron chi connectivity index (χ2n) is 4.17. The molecule has 2 N–H and O–H groups in total. The molecular weight excluding hydrogens is 310 g/mol. The van der Waals surface area contributed by atoms with E-state index < -0.39 is 5.97 Å². The van der Waals surface area contributed by atoms with Gasteiger partial charge in [-0.25, -0.2) is 4.79 Å². The highest BCUT2D eigenvalue weighted by Gasteiger charge is 2.14. The summed E-state index contributed by atoms with van der Waals surface area (Å²) in [6.07, 6.45) is 0. The number of anilines is 1. The van der Waals surface area contributed by atoms with Crippen molar-refractivity contribution in [2.24, 2.45) is 7.05 Å². The summed E-state index contributed by atoms with van der Waals surface area (Å²) in [5.41, 5.74) is 8.27. The molecule has 0 aliphatic carbocycles. The highest BCUT2D eigenvalue weighted by atomic mass is 79.9. The van der Waals surface area contributed by atoms with Crippen LogP contribution in [0.25, 0.3) is 0 Å². The van der Waals surface area contributed by atoms with Crippen molar-refractivity contribution in [2.45, 2.75) is 13.5 Å². The molecule has 0 aliphatic rings. The summed E-state index contributed by atoms with van der Waals surface area (Å²) in [6.45, 7) is 2.04. The van der Waals surface area contributed by atoms with Gasteiger partial charge in [-0.2, -0.15) is 5.10 Å². The van der Waals surface area contributed by atoms with Crippen LogP contribution in [0.2, 0.25) is 0 Å². The molecule has 1 heterocycles. The van der Waals surface area contributed by atoms with Crippen LogP contribution in [0.1, 0.15) is 21.7 Å². The Kier molecular flexibility index (Phi) is 3.90. The topological polar surface area (TPSA) is 70.1 Å². The number of hydrogen-bond acceptors (Lipinski definition) is 4. The molecule has 0 radical (unpaired) electrons. The third-order valence-corrected chi connectivity index (χ3v) is 3.76. The number of rotatable bonds is 3. The second kappa shape index (κ2) is 5.44. The maximum atomic E-state index is 11.9. The first-order valence-corrected chi connectivity index (χ1v) is 6.49. The van der Waals surface area contributed by atoms with E-state index >= 15 is 0 Å². The number of ether oxygens (including phenoxy) is 1. The Labute approximate surface area is 119 Å². The van der Waals surface area contributed by atoms with Crippen molar-refractivity contribution in [3.63, 3.8) is 0 Å². The molecule has 0 fully saturated rings. The maximum absolute atomic E-state index is 11.9. The Hall–Kier alpha value is -1.82. The number of carbonyl (C=O) groups excluding carboxylic acids is 1. The van der Waals surface area contributed by atoms with Crippen LogP contribution < -0.4 is 5.73 Å². The minimum absolute atomic E-state index is 0.158. The number of nitrogen functional groups attached to an aromatic ring is 1. The molecule has 0 spiro atoms. The molecule has 0 bridgehead atoms. The summed E-state index contributed by atoms with van der Waals surface area (Å²) in [5.74, 6) is -0.405. The number of aryl methyl sites for hydroxylation is 2.